The number of carbonyl (C=O) groups is 2. The minimum atomic E-state index is -0.764. The molecule has 1 aromatic heterocycles. The lowest BCUT2D eigenvalue weighted by Gasteiger charge is -2.13. The molecule has 28 heavy (non-hydrogen) atoms. The number of nitrogens with one attached hydrogen (secondary N) is 1. The largest absolute Gasteiger partial charge is 0.451 e. The molecule has 0 bridgehead atoms. The highest BCUT2D eigenvalue weighted by molar-refractivity contribution is 6.02. The summed E-state index contributed by atoms with van der Waals surface area (Å²) in [5.41, 5.74) is 0.171. The number of rotatable bonds is 6. The van der Waals surface area contributed by atoms with Crippen molar-refractivity contribution in [1.29, 1.82) is 0 Å². The molecule has 7 heteroatoms. The average molecular weight is 379 g/mol. The van der Waals surface area contributed by atoms with Gasteiger partial charge in [0, 0.05) is 11.4 Å². The van der Waals surface area contributed by atoms with Crippen LogP contribution in [0.25, 0.3) is 16.5 Å². The standard InChI is InChI=1S/C21H21N3O4/c1-3-14(2)22-18(25)13-28-21(27)19-16-11-7-8-12-17(16)20(26)24(23-19)15-9-5-4-6-10-15/h4-12,14H,3,13H2,1-2H3,(H,22,25)/t14-/m0/s1. The molecule has 0 aliphatic carbocycles. The van der Waals surface area contributed by atoms with Gasteiger partial charge in [0.2, 0.25) is 0 Å². The first-order chi connectivity index (χ1) is 13.5. The van der Waals surface area contributed by atoms with E-state index in [2.05, 4.69) is 10.4 Å². The molecule has 0 aliphatic heterocycles. The highest BCUT2D eigenvalue weighted by Gasteiger charge is 2.19. The average Bonchev–Trinajstić information content (AvgIpc) is 2.73. The fourth-order valence-corrected chi connectivity index (χ4v) is 2.70. The van der Waals surface area contributed by atoms with Gasteiger partial charge >= 0.3 is 5.97 Å². The maximum Gasteiger partial charge on any atom is 0.359 e. The van der Waals surface area contributed by atoms with Gasteiger partial charge in [-0.05, 0) is 31.5 Å². The maximum absolute atomic E-state index is 12.8. The third kappa shape index (κ3) is 4.09. The highest BCUT2D eigenvalue weighted by Crippen LogP contribution is 2.16. The molecule has 1 heterocycles. The van der Waals surface area contributed by atoms with Crippen molar-refractivity contribution in [1.82, 2.24) is 15.1 Å². The lowest BCUT2D eigenvalue weighted by atomic mass is 10.1. The smallest absolute Gasteiger partial charge is 0.359 e. The lowest BCUT2D eigenvalue weighted by molar-refractivity contribution is -0.124. The normalized spacial score (nSPS) is 11.8. The van der Waals surface area contributed by atoms with Crippen molar-refractivity contribution in [2.24, 2.45) is 0 Å². The number of fused-ring (bicyclic) bond motifs is 1. The first kappa shape index (κ1) is 19.3. The molecule has 1 amide bonds. The summed E-state index contributed by atoms with van der Waals surface area (Å²) < 4.78 is 6.31. The Bertz CT molecular complexity index is 1060. The molecule has 0 saturated heterocycles. The number of hydrogen-bond acceptors (Lipinski definition) is 5. The molecule has 7 nitrogen and oxygen atoms in total. The van der Waals surface area contributed by atoms with Gasteiger partial charge in [-0.3, -0.25) is 9.59 Å². The molecule has 144 valence electrons. The minimum Gasteiger partial charge on any atom is -0.451 e. The summed E-state index contributed by atoms with van der Waals surface area (Å²) in [5.74, 6) is -1.15. The number of para-hydroxylation sites is 1. The van der Waals surface area contributed by atoms with E-state index in [0.717, 1.165) is 11.1 Å². The van der Waals surface area contributed by atoms with E-state index in [1.165, 1.54) is 0 Å². The van der Waals surface area contributed by atoms with Gasteiger partial charge in [0.15, 0.2) is 12.3 Å². The first-order valence-corrected chi connectivity index (χ1v) is 9.05. The van der Waals surface area contributed by atoms with Crippen LogP contribution < -0.4 is 10.9 Å². The van der Waals surface area contributed by atoms with Gasteiger partial charge < -0.3 is 10.1 Å². The Balaban J connectivity index is 1.96. The van der Waals surface area contributed by atoms with Crippen LogP contribution in [0.2, 0.25) is 0 Å². The van der Waals surface area contributed by atoms with E-state index in [1.807, 2.05) is 19.9 Å². The summed E-state index contributed by atoms with van der Waals surface area (Å²) in [5, 5.41) is 7.68. The van der Waals surface area contributed by atoms with Gasteiger partial charge in [0.05, 0.1) is 11.1 Å². The molecule has 1 atom stereocenters. The third-order valence-corrected chi connectivity index (χ3v) is 4.35. The van der Waals surface area contributed by atoms with Crippen LogP contribution in [-0.4, -0.2) is 34.3 Å². The van der Waals surface area contributed by atoms with E-state index in [-0.39, 0.29) is 23.2 Å². The van der Waals surface area contributed by atoms with Crippen molar-refractivity contribution in [2.75, 3.05) is 6.61 Å². The van der Waals surface area contributed by atoms with Gasteiger partial charge in [-0.15, -0.1) is 0 Å². The fraction of sp³-hybridized carbons (Fsp3) is 0.238. The molecular formula is C21H21N3O4. The number of benzene rings is 2. The van der Waals surface area contributed by atoms with Crippen molar-refractivity contribution in [3.05, 3.63) is 70.6 Å². The maximum atomic E-state index is 12.8. The zero-order valence-electron chi connectivity index (χ0n) is 15.7. The Labute approximate surface area is 161 Å². The summed E-state index contributed by atoms with van der Waals surface area (Å²) in [7, 11) is 0. The summed E-state index contributed by atoms with van der Waals surface area (Å²) in [6.07, 6.45) is 0.772. The molecular weight excluding hydrogens is 358 g/mol. The van der Waals surface area contributed by atoms with Crippen molar-refractivity contribution in [3.63, 3.8) is 0 Å². The van der Waals surface area contributed by atoms with Gasteiger partial charge in [-0.1, -0.05) is 43.3 Å². The molecule has 0 saturated carbocycles. The van der Waals surface area contributed by atoms with Crippen molar-refractivity contribution >= 4 is 22.6 Å². The SMILES string of the molecule is CC[C@H](C)NC(=O)COC(=O)c1nn(-c2ccccc2)c(=O)c2ccccc12. The lowest BCUT2D eigenvalue weighted by Crippen LogP contribution is -2.35. The van der Waals surface area contributed by atoms with Crippen molar-refractivity contribution < 1.29 is 14.3 Å². The Morgan fingerprint density at radius 2 is 1.71 bits per heavy atom. The number of esters is 1. The predicted molar refractivity (Wildman–Crippen MR) is 106 cm³/mol. The van der Waals surface area contributed by atoms with E-state index in [0.29, 0.717) is 16.5 Å². The fourth-order valence-electron chi connectivity index (χ4n) is 2.70. The number of hydrogen-bond donors (Lipinski definition) is 1. The van der Waals surface area contributed by atoms with E-state index >= 15 is 0 Å². The van der Waals surface area contributed by atoms with Gasteiger partial charge in [0.25, 0.3) is 11.5 Å². The Kier molecular flexibility index (Phi) is 5.84. The van der Waals surface area contributed by atoms with Crippen LogP contribution in [0.5, 0.6) is 0 Å². The summed E-state index contributed by atoms with van der Waals surface area (Å²) in [6, 6.07) is 15.5. The summed E-state index contributed by atoms with van der Waals surface area (Å²) in [6.45, 7) is 3.40. The van der Waals surface area contributed by atoms with Gasteiger partial charge in [-0.2, -0.15) is 9.78 Å². The molecule has 3 aromatic rings. The molecule has 0 unspecified atom stereocenters. The summed E-state index contributed by atoms with van der Waals surface area (Å²) in [4.78, 5) is 37.3. The minimum absolute atomic E-state index is 0.00913. The quantitative estimate of drug-likeness (QED) is 0.665. The molecule has 3 rings (SSSR count). The predicted octanol–water partition coefficient (Wildman–Crippen LogP) is 2.46. The van der Waals surface area contributed by atoms with E-state index in [9.17, 15) is 14.4 Å². The van der Waals surface area contributed by atoms with Gasteiger partial charge in [-0.25, -0.2) is 4.79 Å². The zero-order chi connectivity index (χ0) is 20.1. The second-order valence-electron chi connectivity index (χ2n) is 6.40. The molecule has 0 aliphatic rings. The van der Waals surface area contributed by atoms with Crippen LogP contribution in [0.15, 0.2) is 59.4 Å². The first-order valence-electron chi connectivity index (χ1n) is 9.05. The number of ether oxygens (including phenoxy) is 1. The topological polar surface area (TPSA) is 90.3 Å². The third-order valence-electron chi connectivity index (χ3n) is 4.35. The molecule has 0 radical (unpaired) electrons. The van der Waals surface area contributed by atoms with E-state index in [1.54, 1.807) is 48.5 Å². The second kappa shape index (κ2) is 8.47. The molecule has 2 aromatic carbocycles. The van der Waals surface area contributed by atoms with Crippen LogP contribution in [0, 0.1) is 0 Å². The summed E-state index contributed by atoms with van der Waals surface area (Å²) >= 11 is 0. The van der Waals surface area contributed by atoms with Gasteiger partial charge in [0.1, 0.15) is 0 Å². The Morgan fingerprint density at radius 1 is 1.07 bits per heavy atom. The Hall–Kier alpha value is -3.48. The number of nitrogens with zero attached hydrogens (tertiary/aromatic N) is 2. The van der Waals surface area contributed by atoms with E-state index in [4.69, 9.17) is 4.74 Å². The highest BCUT2D eigenvalue weighted by atomic mass is 16.5. The van der Waals surface area contributed by atoms with E-state index < -0.39 is 12.6 Å². The number of carbonyl (C=O) groups excluding carboxylic acids is 2. The number of aromatic nitrogens is 2. The second-order valence-corrected chi connectivity index (χ2v) is 6.40. The Morgan fingerprint density at radius 3 is 2.39 bits per heavy atom. The van der Waals surface area contributed by atoms with Crippen LogP contribution in [0.3, 0.4) is 0 Å². The van der Waals surface area contributed by atoms with Crippen LogP contribution >= 0.6 is 0 Å². The number of amides is 1. The zero-order valence-corrected chi connectivity index (χ0v) is 15.7. The van der Waals surface area contributed by atoms with Crippen molar-refractivity contribution in [3.8, 4) is 5.69 Å². The van der Waals surface area contributed by atoms with Crippen molar-refractivity contribution in [2.45, 2.75) is 26.3 Å². The van der Waals surface area contributed by atoms with Crippen LogP contribution in [-0.2, 0) is 9.53 Å². The molecule has 1 N–H and O–H groups in total. The molecule has 0 fully saturated rings. The van der Waals surface area contributed by atoms with Crippen LogP contribution in [0.1, 0.15) is 30.8 Å². The molecule has 0 spiro atoms. The monoisotopic (exact) mass is 379 g/mol. The van der Waals surface area contributed by atoms with Crippen LogP contribution in [0.4, 0.5) is 0 Å².